The SMILES string of the molecule is CCCN(CCCl)c1cncc(OCC)n1. The minimum atomic E-state index is 0.565. The molecule has 0 radical (unpaired) electrons. The number of hydrogen-bond acceptors (Lipinski definition) is 4. The lowest BCUT2D eigenvalue weighted by molar-refractivity contribution is 0.325. The molecule has 0 aliphatic carbocycles. The number of alkyl halides is 1. The van der Waals surface area contributed by atoms with Crippen LogP contribution in [0.3, 0.4) is 0 Å². The maximum atomic E-state index is 5.76. The molecule has 0 aliphatic rings. The number of anilines is 1. The van der Waals surface area contributed by atoms with E-state index in [1.165, 1.54) is 0 Å². The van der Waals surface area contributed by atoms with Gasteiger partial charge < -0.3 is 9.64 Å². The first-order valence-electron chi connectivity index (χ1n) is 5.57. The van der Waals surface area contributed by atoms with Crippen molar-refractivity contribution in [1.29, 1.82) is 0 Å². The molecule has 1 heterocycles. The van der Waals surface area contributed by atoms with Gasteiger partial charge in [0.25, 0.3) is 0 Å². The Balaban J connectivity index is 2.77. The van der Waals surface area contributed by atoms with E-state index in [2.05, 4.69) is 21.8 Å². The minimum absolute atomic E-state index is 0.565. The Hall–Kier alpha value is -1.03. The zero-order chi connectivity index (χ0) is 11.8. The lowest BCUT2D eigenvalue weighted by atomic mass is 10.4. The van der Waals surface area contributed by atoms with E-state index < -0.39 is 0 Å². The second-order valence-corrected chi connectivity index (χ2v) is 3.70. The molecule has 0 N–H and O–H groups in total. The average Bonchev–Trinajstić information content (AvgIpc) is 2.30. The van der Waals surface area contributed by atoms with Crippen LogP contribution in [0, 0.1) is 0 Å². The fourth-order valence-corrected chi connectivity index (χ4v) is 1.62. The van der Waals surface area contributed by atoms with Gasteiger partial charge in [-0.25, -0.2) is 0 Å². The third-order valence-corrected chi connectivity index (χ3v) is 2.23. The summed E-state index contributed by atoms with van der Waals surface area (Å²) in [6, 6.07) is 0. The molecule has 1 aromatic heterocycles. The summed E-state index contributed by atoms with van der Waals surface area (Å²) in [5, 5.41) is 0. The summed E-state index contributed by atoms with van der Waals surface area (Å²) in [7, 11) is 0. The molecule has 0 atom stereocenters. The molecule has 0 amide bonds. The molecule has 0 aliphatic heterocycles. The summed E-state index contributed by atoms with van der Waals surface area (Å²) in [5.41, 5.74) is 0. The summed E-state index contributed by atoms with van der Waals surface area (Å²) in [6.45, 7) is 6.36. The first-order valence-corrected chi connectivity index (χ1v) is 6.11. The average molecular weight is 244 g/mol. The van der Waals surface area contributed by atoms with E-state index in [9.17, 15) is 0 Å². The molecule has 90 valence electrons. The lowest BCUT2D eigenvalue weighted by Gasteiger charge is -2.21. The van der Waals surface area contributed by atoms with Gasteiger partial charge in [-0.15, -0.1) is 11.6 Å². The van der Waals surface area contributed by atoms with Crippen LogP contribution >= 0.6 is 11.6 Å². The zero-order valence-electron chi connectivity index (χ0n) is 9.82. The van der Waals surface area contributed by atoms with Crippen LogP contribution in [0.15, 0.2) is 12.4 Å². The van der Waals surface area contributed by atoms with Crippen LogP contribution in [0.25, 0.3) is 0 Å². The van der Waals surface area contributed by atoms with Crippen LogP contribution in [0.2, 0.25) is 0 Å². The van der Waals surface area contributed by atoms with Crippen LogP contribution < -0.4 is 9.64 Å². The van der Waals surface area contributed by atoms with Crippen molar-refractivity contribution in [3.8, 4) is 5.88 Å². The van der Waals surface area contributed by atoms with Crippen molar-refractivity contribution < 1.29 is 4.74 Å². The van der Waals surface area contributed by atoms with E-state index in [1.54, 1.807) is 12.4 Å². The van der Waals surface area contributed by atoms with Crippen molar-refractivity contribution in [1.82, 2.24) is 9.97 Å². The van der Waals surface area contributed by atoms with Crippen molar-refractivity contribution >= 4 is 17.4 Å². The summed E-state index contributed by atoms with van der Waals surface area (Å²) in [6.07, 6.45) is 4.42. The van der Waals surface area contributed by atoms with E-state index in [1.807, 2.05) is 6.92 Å². The van der Waals surface area contributed by atoms with Crippen molar-refractivity contribution in [2.24, 2.45) is 0 Å². The molecule has 0 saturated carbocycles. The highest BCUT2D eigenvalue weighted by atomic mass is 35.5. The van der Waals surface area contributed by atoms with Crippen LogP contribution in [0.5, 0.6) is 5.88 Å². The van der Waals surface area contributed by atoms with E-state index in [4.69, 9.17) is 16.3 Å². The van der Waals surface area contributed by atoms with Gasteiger partial charge in [-0.1, -0.05) is 6.92 Å². The molecular weight excluding hydrogens is 226 g/mol. The predicted molar refractivity (Wildman–Crippen MR) is 66.4 cm³/mol. The molecule has 0 spiro atoms. The first kappa shape index (κ1) is 13.0. The Kier molecular flexibility index (Phi) is 5.93. The van der Waals surface area contributed by atoms with E-state index in [0.29, 0.717) is 18.4 Å². The Morgan fingerprint density at radius 3 is 2.75 bits per heavy atom. The number of aromatic nitrogens is 2. The van der Waals surface area contributed by atoms with Crippen LogP contribution in [0.1, 0.15) is 20.3 Å². The molecule has 0 bridgehead atoms. The summed E-state index contributed by atoms with van der Waals surface area (Å²) in [5.74, 6) is 1.98. The summed E-state index contributed by atoms with van der Waals surface area (Å²) < 4.78 is 5.32. The Morgan fingerprint density at radius 1 is 1.31 bits per heavy atom. The predicted octanol–water partition coefficient (Wildman–Crippen LogP) is 2.33. The fraction of sp³-hybridized carbons (Fsp3) is 0.636. The quantitative estimate of drug-likeness (QED) is 0.689. The highest BCUT2D eigenvalue weighted by molar-refractivity contribution is 6.18. The number of halogens is 1. The number of ether oxygens (including phenoxy) is 1. The molecule has 0 saturated heterocycles. The molecule has 5 heteroatoms. The first-order chi connectivity index (χ1) is 7.81. The van der Waals surface area contributed by atoms with Gasteiger partial charge in [0.1, 0.15) is 0 Å². The number of nitrogens with zero attached hydrogens (tertiary/aromatic N) is 3. The standard InChI is InChI=1S/C11H18ClN3O/c1-3-6-15(7-5-12)10-8-13-9-11(14-10)16-4-2/h8-9H,3-7H2,1-2H3. The molecule has 0 aromatic carbocycles. The van der Waals surface area contributed by atoms with Gasteiger partial charge in [-0.2, -0.15) is 4.98 Å². The smallest absolute Gasteiger partial charge is 0.234 e. The molecule has 1 aromatic rings. The molecule has 4 nitrogen and oxygen atoms in total. The highest BCUT2D eigenvalue weighted by Gasteiger charge is 2.07. The van der Waals surface area contributed by atoms with Crippen LogP contribution in [-0.2, 0) is 0 Å². The maximum Gasteiger partial charge on any atom is 0.234 e. The van der Waals surface area contributed by atoms with Crippen molar-refractivity contribution in [2.45, 2.75) is 20.3 Å². The molecular formula is C11H18ClN3O. The van der Waals surface area contributed by atoms with Gasteiger partial charge in [-0.05, 0) is 13.3 Å². The van der Waals surface area contributed by atoms with Crippen molar-refractivity contribution in [3.63, 3.8) is 0 Å². The molecule has 0 unspecified atom stereocenters. The Labute approximate surface area is 102 Å². The van der Waals surface area contributed by atoms with Crippen molar-refractivity contribution in [2.75, 3.05) is 30.5 Å². The summed E-state index contributed by atoms with van der Waals surface area (Å²) >= 11 is 5.76. The van der Waals surface area contributed by atoms with E-state index in [-0.39, 0.29) is 0 Å². The maximum absolute atomic E-state index is 5.76. The van der Waals surface area contributed by atoms with E-state index >= 15 is 0 Å². The Morgan fingerprint density at radius 2 is 2.12 bits per heavy atom. The highest BCUT2D eigenvalue weighted by Crippen LogP contribution is 2.14. The third kappa shape index (κ3) is 3.85. The van der Waals surface area contributed by atoms with Gasteiger partial charge >= 0.3 is 0 Å². The second kappa shape index (κ2) is 7.28. The minimum Gasteiger partial charge on any atom is -0.477 e. The molecule has 0 fully saturated rings. The van der Waals surface area contributed by atoms with Gasteiger partial charge in [0, 0.05) is 19.0 Å². The normalized spacial score (nSPS) is 10.2. The lowest BCUT2D eigenvalue weighted by Crippen LogP contribution is -2.27. The zero-order valence-corrected chi connectivity index (χ0v) is 10.6. The third-order valence-electron chi connectivity index (χ3n) is 2.06. The van der Waals surface area contributed by atoms with Gasteiger partial charge in [0.15, 0.2) is 5.82 Å². The number of hydrogen-bond donors (Lipinski definition) is 0. The topological polar surface area (TPSA) is 38.2 Å². The second-order valence-electron chi connectivity index (χ2n) is 3.32. The van der Waals surface area contributed by atoms with Gasteiger partial charge in [0.2, 0.25) is 5.88 Å². The van der Waals surface area contributed by atoms with Crippen molar-refractivity contribution in [3.05, 3.63) is 12.4 Å². The van der Waals surface area contributed by atoms with Gasteiger partial charge in [0.05, 0.1) is 19.0 Å². The van der Waals surface area contributed by atoms with Crippen LogP contribution in [-0.4, -0.2) is 35.5 Å². The van der Waals surface area contributed by atoms with Crippen LogP contribution in [0.4, 0.5) is 5.82 Å². The molecule has 16 heavy (non-hydrogen) atoms. The fourth-order valence-electron chi connectivity index (χ4n) is 1.42. The van der Waals surface area contributed by atoms with E-state index in [0.717, 1.165) is 25.3 Å². The largest absolute Gasteiger partial charge is 0.477 e. The number of rotatable bonds is 7. The Bertz CT molecular complexity index is 303. The monoisotopic (exact) mass is 243 g/mol. The molecule has 1 rings (SSSR count). The van der Waals surface area contributed by atoms with Gasteiger partial charge in [-0.3, -0.25) is 4.98 Å². The summed E-state index contributed by atoms with van der Waals surface area (Å²) in [4.78, 5) is 10.6.